The number of amides is 2. The lowest BCUT2D eigenvalue weighted by Crippen LogP contribution is -2.32. The first-order valence-corrected chi connectivity index (χ1v) is 9.81. The number of hydrogen-bond donors (Lipinski definition) is 2. The van der Waals surface area contributed by atoms with E-state index in [4.69, 9.17) is 0 Å². The first-order valence-electron chi connectivity index (χ1n) is 9.81. The van der Waals surface area contributed by atoms with Crippen LogP contribution in [0.15, 0.2) is 30.5 Å². The molecule has 2 aromatic rings. The van der Waals surface area contributed by atoms with E-state index < -0.39 is 0 Å². The molecule has 3 rings (SSSR count). The molecule has 0 atom stereocenters. The van der Waals surface area contributed by atoms with Gasteiger partial charge in [0.1, 0.15) is 0 Å². The third-order valence-corrected chi connectivity index (χ3v) is 4.92. The SMILES string of the molecule is Cc1cc(C(=O)NC2CC2)cc(-c2ccc(C(=O)NCC(C)(C)C)cn2)c1C. The van der Waals surface area contributed by atoms with Gasteiger partial charge in [0.25, 0.3) is 11.8 Å². The number of carbonyl (C=O) groups is 2. The Hall–Kier alpha value is -2.69. The molecule has 0 aliphatic heterocycles. The fourth-order valence-electron chi connectivity index (χ4n) is 2.89. The molecule has 148 valence electrons. The third kappa shape index (κ3) is 4.97. The monoisotopic (exact) mass is 379 g/mol. The highest BCUT2D eigenvalue weighted by Gasteiger charge is 2.24. The minimum Gasteiger partial charge on any atom is -0.351 e. The molecule has 0 radical (unpaired) electrons. The van der Waals surface area contributed by atoms with Crippen molar-refractivity contribution in [2.24, 2.45) is 5.41 Å². The van der Waals surface area contributed by atoms with Gasteiger partial charge in [-0.1, -0.05) is 20.8 Å². The largest absolute Gasteiger partial charge is 0.351 e. The van der Waals surface area contributed by atoms with Crippen LogP contribution in [0.4, 0.5) is 0 Å². The lowest BCUT2D eigenvalue weighted by Gasteiger charge is -2.18. The first kappa shape index (κ1) is 20.1. The van der Waals surface area contributed by atoms with Crippen LogP contribution in [-0.2, 0) is 0 Å². The predicted octanol–water partition coefficient (Wildman–Crippen LogP) is 4.03. The predicted molar refractivity (Wildman–Crippen MR) is 111 cm³/mol. The van der Waals surface area contributed by atoms with Crippen molar-refractivity contribution >= 4 is 11.8 Å². The molecule has 1 saturated carbocycles. The molecule has 5 heteroatoms. The summed E-state index contributed by atoms with van der Waals surface area (Å²) < 4.78 is 0. The van der Waals surface area contributed by atoms with Gasteiger partial charge in [0.05, 0.1) is 11.3 Å². The number of carbonyl (C=O) groups excluding carboxylic acids is 2. The van der Waals surface area contributed by atoms with E-state index in [1.54, 1.807) is 12.3 Å². The number of aromatic nitrogens is 1. The fourth-order valence-corrected chi connectivity index (χ4v) is 2.89. The Morgan fingerprint density at radius 1 is 1.07 bits per heavy atom. The van der Waals surface area contributed by atoms with E-state index in [0.717, 1.165) is 35.2 Å². The van der Waals surface area contributed by atoms with Crippen LogP contribution in [0.1, 0.15) is 65.5 Å². The van der Waals surface area contributed by atoms with E-state index in [9.17, 15) is 9.59 Å². The van der Waals surface area contributed by atoms with Gasteiger partial charge in [-0.25, -0.2) is 0 Å². The Kier molecular flexibility index (Phi) is 5.54. The highest BCUT2D eigenvalue weighted by molar-refractivity contribution is 5.97. The topological polar surface area (TPSA) is 71.1 Å². The fraction of sp³-hybridized carbons (Fsp3) is 0.435. The molecular weight excluding hydrogens is 350 g/mol. The lowest BCUT2D eigenvalue weighted by atomic mass is 9.96. The summed E-state index contributed by atoms with van der Waals surface area (Å²) in [6.07, 6.45) is 3.71. The van der Waals surface area contributed by atoms with Crippen LogP contribution >= 0.6 is 0 Å². The van der Waals surface area contributed by atoms with Crippen LogP contribution in [0.5, 0.6) is 0 Å². The molecule has 1 fully saturated rings. The molecule has 28 heavy (non-hydrogen) atoms. The zero-order chi connectivity index (χ0) is 20.5. The lowest BCUT2D eigenvalue weighted by molar-refractivity contribution is 0.0935. The summed E-state index contributed by atoms with van der Waals surface area (Å²) in [6.45, 7) is 10.9. The summed E-state index contributed by atoms with van der Waals surface area (Å²) in [7, 11) is 0. The summed E-state index contributed by atoms with van der Waals surface area (Å²) in [6, 6.07) is 7.76. The van der Waals surface area contributed by atoms with E-state index in [1.165, 1.54) is 0 Å². The van der Waals surface area contributed by atoms with Crippen LogP contribution in [0.2, 0.25) is 0 Å². The Morgan fingerprint density at radius 2 is 1.79 bits per heavy atom. The molecule has 5 nitrogen and oxygen atoms in total. The maximum atomic E-state index is 12.5. The Bertz CT molecular complexity index is 891. The number of benzene rings is 1. The normalized spacial score (nSPS) is 13.9. The zero-order valence-electron chi connectivity index (χ0n) is 17.3. The van der Waals surface area contributed by atoms with Crippen LogP contribution in [-0.4, -0.2) is 29.4 Å². The number of hydrogen-bond acceptors (Lipinski definition) is 3. The van der Waals surface area contributed by atoms with Gasteiger partial charge in [-0.3, -0.25) is 14.6 Å². The Morgan fingerprint density at radius 3 is 2.36 bits per heavy atom. The summed E-state index contributed by atoms with van der Waals surface area (Å²) in [5.74, 6) is -0.163. The van der Waals surface area contributed by atoms with Crippen molar-refractivity contribution in [3.05, 3.63) is 52.7 Å². The van der Waals surface area contributed by atoms with Gasteiger partial charge in [-0.2, -0.15) is 0 Å². The summed E-state index contributed by atoms with van der Waals surface area (Å²) in [4.78, 5) is 29.3. The Balaban J connectivity index is 1.81. The van der Waals surface area contributed by atoms with Crippen molar-refractivity contribution in [3.8, 4) is 11.3 Å². The molecule has 2 N–H and O–H groups in total. The minimum atomic E-state index is -0.126. The van der Waals surface area contributed by atoms with Crippen molar-refractivity contribution < 1.29 is 9.59 Å². The maximum absolute atomic E-state index is 12.5. The molecular formula is C23H29N3O2. The first-order chi connectivity index (χ1) is 13.1. The summed E-state index contributed by atoms with van der Waals surface area (Å²) >= 11 is 0. The summed E-state index contributed by atoms with van der Waals surface area (Å²) in [5, 5.41) is 5.97. The minimum absolute atomic E-state index is 0.0269. The molecule has 0 bridgehead atoms. The standard InChI is InChI=1S/C23H29N3O2/c1-14-10-17(22(28)26-18-7-8-18)11-19(15(14)2)20-9-6-16(12-24-20)21(27)25-13-23(3,4)5/h6,9-12,18H,7-8,13H2,1-5H3,(H,25,27)(H,26,28). The van der Waals surface area contributed by atoms with Crippen molar-refractivity contribution in [2.75, 3.05) is 6.54 Å². The van der Waals surface area contributed by atoms with Gasteiger partial charge >= 0.3 is 0 Å². The third-order valence-electron chi connectivity index (χ3n) is 4.92. The molecule has 1 aromatic carbocycles. The smallest absolute Gasteiger partial charge is 0.252 e. The quantitative estimate of drug-likeness (QED) is 0.824. The van der Waals surface area contributed by atoms with Gasteiger partial charge in [0.2, 0.25) is 0 Å². The van der Waals surface area contributed by atoms with Gasteiger partial charge in [-0.05, 0) is 67.5 Å². The highest BCUT2D eigenvalue weighted by Crippen LogP contribution is 2.27. The zero-order valence-corrected chi connectivity index (χ0v) is 17.3. The molecule has 1 aliphatic carbocycles. The van der Waals surface area contributed by atoms with Gasteiger partial charge in [0, 0.05) is 29.9 Å². The van der Waals surface area contributed by atoms with Crippen LogP contribution in [0.25, 0.3) is 11.3 Å². The summed E-state index contributed by atoms with van der Waals surface area (Å²) in [5.41, 5.74) is 5.02. The van der Waals surface area contributed by atoms with Gasteiger partial charge < -0.3 is 10.6 Å². The van der Waals surface area contributed by atoms with Crippen molar-refractivity contribution in [1.29, 1.82) is 0 Å². The molecule has 1 aliphatic rings. The molecule has 0 spiro atoms. The average Bonchev–Trinajstić information content (AvgIpc) is 3.45. The van der Waals surface area contributed by atoms with E-state index in [-0.39, 0.29) is 17.2 Å². The van der Waals surface area contributed by atoms with E-state index in [1.807, 2.05) is 32.0 Å². The van der Waals surface area contributed by atoms with E-state index in [2.05, 4.69) is 36.4 Å². The maximum Gasteiger partial charge on any atom is 0.252 e. The second kappa shape index (κ2) is 7.74. The van der Waals surface area contributed by atoms with Crippen LogP contribution < -0.4 is 10.6 Å². The molecule has 1 heterocycles. The molecule has 1 aromatic heterocycles. The Labute approximate surface area is 167 Å². The van der Waals surface area contributed by atoms with Crippen molar-refractivity contribution in [1.82, 2.24) is 15.6 Å². The van der Waals surface area contributed by atoms with Gasteiger partial charge in [-0.15, -0.1) is 0 Å². The molecule has 2 amide bonds. The van der Waals surface area contributed by atoms with Crippen molar-refractivity contribution in [3.63, 3.8) is 0 Å². The second-order valence-electron chi connectivity index (χ2n) is 8.89. The van der Waals surface area contributed by atoms with E-state index >= 15 is 0 Å². The average molecular weight is 380 g/mol. The molecule has 0 saturated heterocycles. The van der Waals surface area contributed by atoms with Crippen LogP contribution in [0.3, 0.4) is 0 Å². The van der Waals surface area contributed by atoms with Gasteiger partial charge in [0.15, 0.2) is 0 Å². The van der Waals surface area contributed by atoms with E-state index in [0.29, 0.717) is 23.7 Å². The van der Waals surface area contributed by atoms with Crippen LogP contribution in [0, 0.1) is 19.3 Å². The number of pyridine rings is 1. The number of nitrogens with zero attached hydrogens (tertiary/aromatic N) is 1. The highest BCUT2D eigenvalue weighted by atomic mass is 16.2. The number of aryl methyl sites for hydroxylation is 1. The molecule has 0 unspecified atom stereocenters. The number of rotatable bonds is 5. The number of nitrogens with one attached hydrogen (secondary N) is 2. The second-order valence-corrected chi connectivity index (χ2v) is 8.89. The van der Waals surface area contributed by atoms with Crippen molar-refractivity contribution in [2.45, 2.75) is 53.5 Å².